The van der Waals surface area contributed by atoms with Gasteiger partial charge in [-0.2, -0.15) is 0 Å². The van der Waals surface area contributed by atoms with Crippen molar-refractivity contribution in [3.05, 3.63) is 39.7 Å². The molecule has 0 aliphatic heterocycles. The summed E-state index contributed by atoms with van der Waals surface area (Å²) in [6.07, 6.45) is 6.30. The molecule has 1 heterocycles. The van der Waals surface area contributed by atoms with E-state index in [-0.39, 0.29) is 17.1 Å². The molecule has 0 fully saturated rings. The Morgan fingerprint density at radius 1 is 1.07 bits per heavy atom. The molecule has 0 aromatic carbocycles. The first-order valence-corrected chi connectivity index (χ1v) is 6.98. The predicted molar refractivity (Wildman–Crippen MR) is 63.2 cm³/mol. The van der Waals surface area contributed by atoms with Gasteiger partial charge >= 0.3 is 100 Å². The predicted octanol–water partition coefficient (Wildman–Crippen LogP) is 2.75. The van der Waals surface area contributed by atoms with Crippen LogP contribution in [0.4, 0.5) is 0 Å². The van der Waals surface area contributed by atoms with Gasteiger partial charge in [-0.05, 0) is 0 Å². The summed E-state index contributed by atoms with van der Waals surface area (Å²) in [5, 5.41) is 0. The summed E-state index contributed by atoms with van der Waals surface area (Å²) in [6, 6.07) is 0. The van der Waals surface area contributed by atoms with Crippen LogP contribution in [0, 0.1) is 20.8 Å². The van der Waals surface area contributed by atoms with E-state index in [1.807, 2.05) is 6.92 Å². The third-order valence-corrected chi connectivity index (χ3v) is 5.06. The summed E-state index contributed by atoms with van der Waals surface area (Å²) in [5.41, 5.74) is 4.32. The second-order valence-electron chi connectivity index (χ2n) is 3.61. The van der Waals surface area contributed by atoms with Crippen molar-refractivity contribution in [3.8, 4) is 0 Å². The van der Waals surface area contributed by atoms with Gasteiger partial charge in [-0.25, -0.2) is 0 Å². The van der Waals surface area contributed by atoms with Gasteiger partial charge in [0, 0.05) is 0 Å². The van der Waals surface area contributed by atoms with Gasteiger partial charge in [-0.1, -0.05) is 0 Å². The molecule has 1 nitrogen and oxygen atoms in total. The molecule has 0 spiro atoms. The molecule has 0 radical (unpaired) electrons. The average molecular weight is 290 g/mol. The van der Waals surface area contributed by atoms with Crippen molar-refractivity contribution in [2.75, 3.05) is 0 Å². The fourth-order valence-corrected chi connectivity index (χ4v) is 3.42. The van der Waals surface area contributed by atoms with Crippen LogP contribution in [0.25, 0.3) is 0 Å². The molecule has 0 aliphatic rings. The van der Waals surface area contributed by atoms with E-state index in [1.54, 1.807) is 0 Å². The van der Waals surface area contributed by atoms with Crippen LogP contribution in [0.5, 0.6) is 0 Å². The molecule has 0 amide bonds. The Bertz CT molecular complexity index is 372. The molecule has 2 heteroatoms. The van der Waals surface area contributed by atoms with Crippen LogP contribution >= 0.6 is 0 Å². The Hall–Kier alpha value is -0.617. The van der Waals surface area contributed by atoms with Crippen LogP contribution in [0.3, 0.4) is 0 Å². The Balaban J connectivity index is 2.91. The van der Waals surface area contributed by atoms with Gasteiger partial charge in [0.05, 0.1) is 0 Å². The van der Waals surface area contributed by atoms with E-state index in [2.05, 4.69) is 55.3 Å². The Kier molecular flexibility index (Phi) is 4.53. The number of aromatic nitrogens is 1. The molecule has 15 heavy (non-hydrogen) atoms. The maximum atomic E-state index is 2.34. The summed E-state index contributed by atoms with van der Waals surface area (Å²) in [6.45, 7) is 8.69. The molecule has 1 aromatic heterocycles. The number of hydrogen-bond acceptors (Lipinski definition) is 0. The van der Waals surface area contributed by atoms with Gasteiger partial charge in [0.15, 0.2) is 0 Å². The zero-order chi connectivity index (χ0) is 11.4. The topological polar surface area (TPSA) is 4.93 Å². The Morgan fingerprint density at radius 2 is 1.73 bits per heavy atom. The first-order valence-electron chi connectivity index (χ1n) is 5.10. The first kappa shape index (κ1) is 12.5. The number of allylic oxidation sites excluding steroid dienone is 3. The van der Waals surface area contributed by atoms with Gasteiger partial charge in [-0.3, -0.25) is 0 Å². The minimum atomic E-state index is 0.190. The molecule has 0 bridgehead atoms. The van der Waals surface area contributed by atoms with Crippen LogP contribution < -0.4 is 4.29 Å². The summed E-state index contributed by atoms with van der Waals surface area (Å²) in [7, 11) is 2.17. The van der Waals surface area contributed by atoms with Gasteiger partial charge in [0.2, 0.25) is 0 Å². The van der Waals surface area contributed by atoms with Crippen molar-refractivity contribution in [1.29, 1.82) is 0 Å². The summed E-state index contributed by atoms with van der Waals surface area (Å²) in [5.74, 6) is 0. The molecule has 0 aliphatic carbocycles. The summed E-state index contributed by atoms with van der Waals surface area (Å²) < 4.78 is 6.15. The maximum absolute atomic E-state index is 2.34. The molecular formula is C13H19NRu. The molecule has 1 rings (SSSR count). The second kappa shape index (κ2) is 5.46. The quantitative estimate of drug-likeness (QED) is 0.596. The fraction of sp³-hybridized carbons (Fsp3) is 0.385. The van der Waals surface area contributed by atoms with Crippen LogP contribution in [-0.2, 0) is 24.2 Å². The second-order valence-corrected chi connectivity index (χ2v) is 5.52. The number of hydrogen-bond donors (Lipinski definition) is 0. The van der Waals surface area contributed by atoms with E-state index in [9.17, 15) is 0 Å². The Morgan fingerprint density at radius 3 is 2.20 bits per heavy atom. The SMILES string of the molecule is CC=CC=[CH][Ru][c]1c(C)c(C)c(C)n1C. The molecule has 0 N–H and O–H groups in total. The normalized spacial score (nSPS) is 12.3. The number of nitrogens with zero attached hydrogens (tertiary/aromatic N) is 1. The van der Waals surface area contributed by atoms with Gasteiger partial charge < -0.3 is 0 Å². The zero-order valence-corrected chi connectivity index (χ0v) is 11.8. The zero-order valence-electron chi connectivity index (χ0n) is 10.1. The monoisotopic (exact) mass is 291 g/mol. The van der Waals surface area contributed by atoms with Crippen molar-refractivity contribution in [2.45, 2.75) is 27.7 Å². The van der Waals surface area contributed by atoms with Crippen LogP contribution in [0.15, 0.2) is 22.9 Å². The van der Waals surface area contributed by atoms with Crippen molar-refractivity contribution in [2.24, 2.45) is 7.05 Å². The minimum absolute atomic E-state index is 0.190. The Labute approximate surface area is 100 Å². The van der Waals surface area contributed by atoms with E-state index < -0.39 is 0 Å². The summed E-state index contributed by atoms with van der Waals surface area (Å²) >= 11 is 0.190. The van der Waals surface area contributed by atoms with Gasteiger partial charge in [-0.15, -0.1) is 0 Å². The molecular weight excluding hydrogens is 271 g/mol. The standard InChI is InChI=1S/C8H12N.C5H7.Ru/c1-6-5-9(4)8(3)7(6)2;1-3-5-4-2;/h1-4H3;1,3-5H,2H3;. The van der Waals surface area contributed by atoms with Crippen LogP contribution in [-0.4, -0.2) is 4.57 Å². The van der Waals surface area contributed by atoms with E-state index in [4.69, 9.17) is 0 Å². The van der Waals surface area contributed by atoms with E-state index >= 15 is 0 Å². The van der Waals surface area contributed by atoms with E-state index in [0.29, 0.717) is 0 Å². The van der Waals surface area contributed by atoms with Crippen molar-refractivity contribution in [1.82, 2.24) is 4.57 Å². The third kappa shape index (κ3) is 2.69. The molecule has 0 saturated heterocycles. The molecule has 1 aromatic rings. The fourth-order valence-electron chi connectivity index (χ4n) is 1.45. The van der Waals surface area contributed by atoms with Gasteiger partial charge in [0.1, 0.15) is 0 Å². The van der Waals surface area contributed by atoms with E-state index in [0.717, 1.165) is 0 Å². The van der Waals surface area contributed by atoms with Crippen molar-refractivity contribution >= 4 is 4.29 Å². The van der Waals surface area contributed by atoms with Crippen molar-refractivity contribution < 1.29 is 17.1 Å². The summed E-state index contributed by atoms with van der Waals surface area (Å²) in [4.78, 5) is 0. The third-order valence-electron chi connectivity index (χ3n) is 2.72. The van der Waals surface area contributed by atoms with Crippen molar-refractivity contribution in [3.63, 3.8) is 0 Å². The first-order chi connectivity index (χ1) is 7.09. The van der Waals surface area contributed by atoms with Gasteiger partial charge in [0.25, 0.3) is 0 Å². The van der Waals surface area contributed by atoms with E-state index in [1.165, 1.54) is 21.1 Å². The molecule has 0 atom stereocenters. The van der Waals surface area contributed by atoms with Crippen LogP contribution in [0.1, 0.15) is 23.7 Å². The molecule has 0 saturated carbocycles. The van der Waals surface area contributed by atoms with Crippen LogP contribution in [0.2, 0.25) is 0 Å². The molecule has 0 unspecified atom stereocenters. The molecule has 84 valence electrons. The average Bonchev–Trinajstić information content (AvgIpc) is 2.41. The number of rotatable bonds is 3.